The lowest BCUT2D eigenvalue weighted by molar-refractivity contribution is -0.127. The summed E-state index contributed by atoms with van der Waals surface area (Å²) < 4.78 is 0. The van der Waals surface area contributed by atoms with Crippen molar-refractivity contribution in [3.63, 3.8) is 0 Å². The molecule has 1 rings (SSSR count). The highest BCUT2D eigenvalue weighted by molar-refractivity contribution is 6.76. The molecule has 1 fully saturated rings. The zero-order valence-electron chi connectivity index (χ0n) is 9.96. The molecule has 3 amide bonds. The highest BCUT2D eigenvalue weighted by Gasteiger charge is 2.39. The molecular formula is C10H20N2O2Si. The van der Waals surface area contributed by atoms with E-state index in [1.54, 1.807) is 0 Å². The second-order valence-electron chi connectivity index (χ2n) is 5.28. The summed E-state index contributed by atoms with van der Waals surface area (Å²) in [5.41, 5.74) is 0. The van der Waals surface area contributed by atoms with Crippen LogP contribution >= 0.6 is 0 Å². The summed E-state index contributed by atoms with van der Waals surface area (Å²) in [5, 5.41) is 2.74. The number of amides is 3. The Labute approximate surface area is 92.0 Å². The molecule has 4 nitrogen and oxygen atoms in total. The van der Waals surface area contributed by atoms with E-state index in [0.717, 1.165) is 12.8 Å². The molecule has 0 aromatic rings. The summed E-state index contributed by atoms with van der Waals surface area (Å²) in [6.45, 7) is 8.47. The van der Waals surface area contributed by atoms with Gasteiger partial charge in [0.15, 0.2) is 0 Å². The van der Waals surface area contributed by atoms with Crippen molar-refractivity contribution in [2.45, 2.75) is 45.4 Å². The van der Waals surface area contributed by atoms with Crippen molar-refractivity contribution >= 4 is 20.0 Å². The van der Waals surface area contributed by atoms with Gasteiger partial charge in [-0.2, -0.15) is 0 Å². The van der Waals surface area contributed by atoms with Crippen LogP contribution in [0, 0.1) is 0 Å². The summed E-state index contributed by atoms with van der Waals surface area (Å²) in [6, 6.07) is -0.486. The summed E-state index contributed by atoms with van der Waals surface area (Å²) in [7, 11) is -1.41. The molecule has 0 aromatic heterocycles. The fraction of sp³-hybridized carbons (Fsp3) is 0.800. The molecule has 1 atom stereocenters. The number of carbonyl (C=O) groups excluding carboxylic acids is 2. The van der Waals surface area contributed by atoms with Gasteiger partial charge in [-0.15, -0.1) is 0 Å². The van der Waals surface area contributed by atoms with E-state index in [9.17, 15) is 9.59 Å². The van der Waals surface area contributed by atoms with Gasteiger partial charge in [-0.1, -0.05) is 33.0 Å². The van der Waals surface area contributed by atoms with Crippen LogP contribution in [0.2, 0.25) is 19.6 Å². The number of carbonyl (C=O) groups is 2. The summed E-state index contributed by atoms with van der Waals surface area (Å²) in [4.78, 5) is 24.8. The van der Waals surface area contributed by atoms with E-state index >= 15 is 0 Å². The van der Waals surface area contributed by atoms with Crippen LogP contribution in [0.4, 0.5) is 4.79 Å². The van der Waals surface area contributed by atoms with Crippen molar-refractivity contribution in [2.75, 3.05) is 6.17 Å². The van der Waals surface area contributed by atoms with Crippen LogP contribution in [0.3, 0.4) is 0 Å². The van der Waals surface area contributed by atoms with Gasteiger partial charge in [-0.3, -0.25) is 9.69 Å². The Kier molecular flexibility index (Phi) is 3.54. The molecule has 0 radical (unpaired) electrons. The van der Waals surface area contributed by atoms with Gasteiger partial charge in [-0.05, 0) is 6.42 Å². The van der Waals surface area contributed by atoms with Crippen LogP contribution in [0.5, 0.6) is 0 Å². The second-order valence-corrected chi connectivity index (χ2v) is 10.7. The van der Waals surface area contributed by atoms with Crippen molar-refractivity contribution < 1.29 is 9.59 Å². The first-order chi connectivity index (χ1) is 6.85. The van der Waals surface area contributed by atoms with Crippen LogP contribution in [-0.2, 0) is 4.79 Å². The summed E-state index contributed by atoms with van der Waals surface area (Å²) in [6.07, 6.45) is 2.28. The van der Waals surface area contributed by atoms with Gasteiger partial charge < -0.3 is 5.32 Å². The molecule has 0 aliphatic carbocycles. The van der Waals surface area contributed by atoms with E-state index in [0.29, 0.717) is 6.17 Å². The summed E-state index contributed by atoms with van der Waals surface area (Å²) in [5.74, 6) is -0.0377. The Bertz CT molecular complexity index is 273. The summed E-state index contributed by atoms with van der Waals surface area (Å²) >= 11 is 0. The molecule has 1 heterocycles. The maximum atomic E-state index is 11.8. The average molecular weight is 228 g/mol. The smallest absolute Gasteiger partial charge is 0.324 e. The standard InChI is InChI=1S/C10H20N2O2Si/c1-5-6-8-9(13)12(10(14)11-8)7-15(2,3)4/h8H,5-7H2,1-4H3,(H,11,14). The Morgan fingerprint density at radius 1 is 1.33 bits per heavy atom. The van der Waals surface area contributed by atoms with Crippen molar-refractivity contribution in [3.05, 3.63) is 0 Å². The van der Waals surface area contributed by atoms with Gasteiger partial charge in [0, 0.05) is 6.17 Å². The predicted octanol–water partition coefficient (Wildman–Crippen LogP) is 1.58. The van der Waals surface area contributed by atoms with Gasteiger partial charge in [0.05, 0.1) is 8.07 Å². The SMILES string of the molecule is CCCC1NC(=O)N(C[Si](C)(C)C)C1=O. The Hall–Kier alpha value is -0.843. The first-order valence-electron chi connectivity index (χ1n) is 5.47. The normalized spacial score (nSPS) is 22.1. The van der Waals surface area contributed by atoms with E-state index in [2.05, 4.69) is 25.0 Å². The van der Waals surface area contributed by atoms with Crippen LogP contribution in [0.1, 0.15) is 19.8 Å². The number of rotatable bonds is 4. The van der Waals surface area contributed by atoms with E-state index in [1.807, 2.05) is 6.92 Å². The number of nitrogens with zero attached hydrogens (tertiary/aromatic N) is 1. The Morgan fingerprint density at radius 2 is 1.93 bits per heavy atom. The van der Waals surface area contributed by atoms with Crippen LogP contribution in [-0.4, -0.2) is 37.1 Å². The minimum Gasteiger partial charge on any atom is -0.326 e. The monoisotopic (exact) mass is 228 g/mol. The number of urea groups is 1. The maximum Gasteiger partial charge on any atom is 0.324 e. The number of imide groups is 1. The molecule has 0 aromatic carbocycles. The lowest BCUT2D eigenvalue weighted by Gasteiger charge is -2.22. The minimum atomic E-state index is -1.41. The van der Waals surface area contributed by atoms with Crippen molar-refractivity contribution in [1.29, 1.82) is 0 Å². The predicted molar refractivity (Wildman–Crippen MR) is 62.3 cm³/mol. The fourth-order valence-corrected chi connectivity index (χ4v) is 2.93. The lowest BCUT2D eigenvalue weighted by Crippen LogP contribution is -2.44. The maximum absolute atomic E-state index is 11.8. The Morgan fingerprint density at radius 3 is 2.40 bits per heavy atom. The molecule has 1 aliphatic rings. The zero-order chi connectivity index (χ0) is 11.6. The van der Waals surface area contributed by atoms with Gasteiger partial charge in [-0.25, -0.2) is 4.79 Å². The molecule has 5 heteroatoms. The first kappa shape index (κ1) is 12.2. The van der Waals surface area contributed by atoms with E-state index < -0.39 is 8.07 Å². The average Bonchev–Trinajstić information content (AvgIpc) is 2.32. The first-order valence-corrected chi connectivity index (χ1v) is 9.18. The highest BCUT2D eigenvalue weighted by Crippen LogP contribution is 2.14. The number of nitrogens with one attached hydrogen (secondary N) is 1. The molecule has 1 N–H and O–H groups in total. The zero-order valence-corrected chi connectivity index (χ0v) is 11.0. The van der Waals surface area contributed by atoms with Crippen molar-refractivity contribution in [3.8, 4) is 0 Å². The van der Waals surface area contributed by atoms with Crippen LogP contribution < -0.4 is 5.32 Å². The third-order valence-electron chi connectivity index (χ3n) is 2.32. The molecular weight excluding hydrogens is 208 g/mol. The molecule has 15 heavy (non-hydrogen) atoms. The molecule has 1 unspecified atom stereocenters. The molecule has 1 aliphatic heterocycles. The third-order valence-corrected chi connectivity index (χ3v) is 3.58. The van der Waals surface area contributed by atoms with E-state index in [4.69, 9.17) is 0 Å². The van der Waals surface area contributed by atoms with E-state index in [1.165, 1.54) is 4.90 Å². The highest BCUT2D eigenvalue weighted by atomic mass is 28.3. The lowest BCUT2D eigenvalue weighted by atomic mass is 10.2. The van der Waals surface area contributed by atoms with E-state index in [-0.39, 0.29) is 18.0 Å². The number of hydrogen-bond donors (Lipinski definition) is 1. The Balaban J connectivity index is 2.67. The van der Waals surface area contributed by atoms with Crippen molar-refractivity contribution in [2.24, 2.45) is 0 Å². The third kappa shape index (κ3) is 3.05. The number of hydrogen-bond acceptors (Lipinski definition) is 2. The molecule has 0 spiro atoms. The van der Waals surface area contributed by atoms with Crippen LogP contribution in [0.25, 0.3) is 0 Å². The van der Waals surface area contributed by atoms with Gasteiger partial charge in [0.25, 0.3) is 5.91 Å². The molecule has 0 saturated carbocycles. The molecule has 86 valence electrons. The largest absolute Gasteiger partial charge is 0.326 e. The quantitative estimate of drug-likeness (QED) is 0.587. The van der Waals surface area contributed by atoms with Gasteiger partial charge >= 0.3 is 6.03 Å². The van der Waals surface area contributed by atoms with Gasteiger partial charge in [0.2, 0.25) is 0 Å². The van der Waals surface area contributed by atoms with Gasteiger partial charge in [0.1, 0.15) is 6.04 Å². The molecule has 0 bridgehead atoms. The molecule has 1 saturated heterocycles. The minimum absolute atomic E-state index is 0.0377. The fourth-order valence-electron chi connectivity index (χ4n) is 1.69. The van der Waals surface area contributed by atoms with Crippen LogP contribution in [0.15, 0.2) is 0 Å². The topological polar surface area (TPSA) is 49.4 Å². The van der Waals surface area contributed by atoms with Crippen molar-refractivity contribution in [1.82, 2.24) is 10.2 Å². The second kappa shape index (κ2) is 4.34.